The maximum Gasteiger partial charge on any atom is 0.321 e. The van der Waals surface area contributed by atoms with E-state index < -0.39 is 0 Å². The molecular formula is C21H24ClN3O3. The first-order chi connectivity index (χ1) is 13.5. The van der Waals surface area contributed by atoms with Crippen LogP contribution in [0, 0.1) is 5.92 Å². The van der Waals surface area contributed by atoms with Gasteiger partial charge in [-0.3, -0.25) is 4.79 Å². The van der Waals surface area contributed by atoms with Crippen LogP contribution in [0.25, 0.3) is 0 Å². The Morgan fingerprint density at radius 1 is 1.00 bits per heavy atom. The lowest BCUT2D eigenvalue weighted by molar-refractivity contribution is -0.121. The maximum absolute atomic E-state index is 12.5. The first kappa shape index (κ1) is 20.0. The summed E-state index contributed by atoms with van der Waals surface area (Å²) in [6.45, 7) is 3.62. The number of amides is 3. The average Bonchev–Trinajstić information content (AvgIpc) is 2.71. The Hall–Kier alpha value is -2.73. The fraction of sp³-hybridized carbons (Fsp3) is 0.333. The predicted molar refractivity (Wildman–Crippen MR) is 111 cm³/mol. The van der Waals surface area contributed by atoms with Crippen LogP contribution in [0.2, 0.25) is 5.02 Å². The largest absolute Gasteiger partial charge is 0.494 e. The molecule has 1 saturated heterocycles. The van der Waals surface area contributed by atoms with Crippen molar-refractivity contribution < 1.29 is 14.3 Å². The minimum absolute atomic E-state index is 0.0121. The zero-order chi connectivity index (χ0) is 19.9. The van der Waals surface area contributed by atoms with E-state index in [1.54, 1.807) is 29.2 Å². The highest BCUT2D eigenvalue weighted by Crippen LogP contribution is 2.22. The average molecular weight is 402 g/mol. The highest BCUT2D eigenvalue weighted by Gasteiger charge is 2.27. The first-order valence-electron chi connectivity index (χ1n) is 9.40. The van der Waals surface area contributed by atoms with Crippen LogP contribution in [0.4, 0.5) is 16.2 Å². The summed E-state index contributed by atoms with van der Waals surface area (Å²) in [6, 6.07) is 14.2. The van der Waals surface area contributed by atoms with E-state index in [9.17, 15) is 9.59 Å². The van der Waals surface area contributed by atoms with Crippen molar-refractivity contribution in [3.8, 4) is 5.75 Å². The van der Waals surface area contributed by atoms with Gasteiger partial charge in [0.25, 0.3) is 0 Å². The Labute approximate surface area is 169 Å². The minimum atomic E-state index is -0.160. The van der Waals surface area contributed by atoms with Crippen molar-refractivity contribution in [1.29, 1.82) is 0 Å². The van der Waals surface area contributed by atoms with Gasteiger partial charge in [-0.25, -0.2) is 4.79 Å². The third-order valence-corrected chi connectivity index (χ3v) is 4.93. The Balaban J connectivity index is 1.46. The summed E-state index contributed by atoms with van der Waals surface area (Å²) in [4.78, 5) is 26.6. The monoisotopic (exact) mass is 401 g/mol. The van der Waals surface area contributed by atoms with E-state index in [1.807, 2.05) is 31.2 Å². The molecule has 7 heteroatoms. The van der Waals surface area contributed by atoms with E-state index in [1.165, 1.54) is 0 Å². The van der Waals surface area contributed by atoms with Gasteiger partial charge in [0.2, 0.25) is 5.91 Å². The maximum atomic E-state index is 12.5. The molecule has 1 fully saturated rings. The Bertz CT molecular complexity index is 801. The van der Waals surface area contributed by atoms with E-state index in [0.717, 1.165) is 11.4 Å². The van der Waals surface area contributed by atoms with E-state index in [0.29, 0.717) is 43.2 Å². The number of carbonyl (C=O) groups excluding carboxylic acids is 2. The molecule has 6 nitrogen and oxygen atoms in total. The quantitative estimate of drug-likeness (QED) is 0.767. The lowest BCUT2D eigenvalue weighted by Gasteiger charge is -2.31. The number of rotatable bonds is 5. The zero-order valence-electron chi connectivity index (χ0n) is 15.8. The van der Waals surface area contributed by atoms with Gasteiger partial charge >= 0.3 is 6.03 Å². The molecule has 2 N–H and O–H groups in total. The number of carbonyl (C=O) groups is 2. The fourth-order valence-corrected chi connectivity index (χ4v) is 3.25. The Morgan fingerprint density at radius 2 is 1.57 bits per heavy atom. The molecule has 1 aliphatic heterocycles. The van der Waals surface area contributed by atoms with Crippen LogP contribution >= 0.6 is 11.6 Å². The van der Waals surface area contributed by atoms with Gasteiger partial charge in [-0.2, -0.15) is 0 Å². The van der Waals surface area contributed by atoms with Crippen LogP contribution in [0.15, 0.2) is 48.5 Å². The molecule has 1 heterocycles. The molecule has 28 heavy (non-hydrogen) atoms. The van der Waals surface area contributed by atoms with Gasteiger partial charge in [-0.15, -0.1) is 0 Å². The molecule has 0 aliphatic carbocycles. The van der Waals surface area contributed by atoms with Crippen LogP contribution in [0.1, 0.15) is 19.8 Å². The van der Waals surface area contributed by atoms with Gasteiger partial charge in [0.1, 0.15) is 5.75 Å². The number of halogens is 1. The van der Waals surface area contributed by atoms with E-state index in [2.05, 4.69) is 10.6 Å². The normalized spacial score (nSPS) is 14.4. The third-order valence-electron chi connectivity index (χ3n) is 4.68. The van der Waals surface area contributed by atoms with Gasteiger partial charge in [-0.1, -0.05) is 11.6 Å². The van der Waals surface area contributed by atoms with Crippen LogP contribution in [0.5, 0.6) is 5.75 Å². The summed E-state index contributed by atoms with van der Waals surface area (Å²) in [5.41, 5.74) is 1.45. The second-order valence-corrected chi connectivity index (χ2v) is 7.08. The minimum Gasteiger partial charge on any atom is -0.494 e. The topological polar surface area (TPSA) is 70.7 Å². The molecule has 0 atom stereocenters. The van der Waals surface area contributed by atoms with Crippen LogP contribution in [0.3, 0.4) is 0 Å². The number of anilines is 2. The van der Waals surface area contributed by atoms with E-state index >= 15 is 0 Å². The lowest BCUT2D eigenvalue weighted by Crippen LogP contribution is -2.43. The number of ether oxygens (including phenoxy) is 1. The van der Waals surface area contributed by atoms with Gasteiger partial charge in [0, 0.05) is 35.4 Å². The van der Waals surface area contributed by atoms with Crippen molar-refractivity contribution in [3.05, 3.63) is 53.6 Å². The molecule has 0 saturated carbocycles. The molecule has 0 bridgehead atoms. The summed E-state index contributed by atoms with van der Waals surface area (Å²) in [6.07, 6.45) is 1.27. The smallest absolute Gasteiger partial charge is 0.321 e. The number of benzene rings is 2. The van der Waals surface area contributed by atoms with Gasteiger partial charge < -0.3 is 20.3 Å². The molecule has 148 valence electrons. The molecule has 0 radical (unpaired) electrons. The van der Waals surface area contributed by atoms with Crippen molar-refractivity contribution >= 4 is 34.9 Å². The third kappa shape index (κ3) is 5.39. The fourth-order valence-electron chi connectivity index (χ4n) is 3.13. The Kier molecular flexibility index (Phi) is 6.76. The molecule has 2 aromatic rings. The molecule has 3 rings (SSSR count). The molecule has 2 aromatic carbocycles. The first-order valence-corrected chi connectivity index (χ1v) is 9.78. The number of nitrogens with one attached hydrogen (secondary N) is 2. The summed E-state index contributed by atoms with van der Waals surface area (Å²) in [5, 5.41) is 6.42. The highest BCUT2D eigenvalue weighted by molar-refractivity contribution is 6.30. The number of hydrogen-bond acceptors (Lipinski definition) is 3. The SMILES string of the molecule is CCOc1ccc(NC(=O)C2CCN(C(=O)Nc3ccc(Cl)cc3)CC2)cc1. The van der Waals surface area contributed by atoms with Crippen molar-refractivity contribution in [2.75, 3.05) is 30.3 Å². The standard InChI is InChI=1S/C21H24ClN3O3/c1-2-28-19-9-7-17(8-10-19)23-20(26)15-11-13-25(14-12-15)21(27)24-18-5-3-16(22)4-6-18/h3-10,15H,2,11-14H2,1H3,(H,23,26)(H,24,27). The number of nitrogens with zero attached hydrogens (tertiary/aromatic N) is 1. The zero-order valence-corrected chi connectivity index (χ0v) is 16.5. The molecule has 0 aromatic heterocycles. The molecule has 0 spiro atoms. The van der Waals surface area contributed by atoms with E-state index in [4.69, 9.17) is 16.3 Å². The summed E-state index contributed by atoms with van der Waals surface area (Å²) < 4.78 is 5.40. The van der Waals surface area contributed by atoms with Crippen LogP contribution < -0.4 is 15.4 Å². The lowest BCUT2D eigenvalue weighted by atomic mass is 9.96. The summed E-state index contributed by atoms with van der Waals surface area (Å²) in [7, 11) is 0. The number of likely N-dealkylation sites (tertiary alicyclic amines) is 1. The number of hydrogen-bond donors (Lipinski definition) is 2. The van der Waals surface area contributed by atoms with E-state index in [-0.39, 0.29) is 17.9 Å². The van der Waals surface area contributed by atoms with Gasteiger partial charge in [0.15, 0.2) is 0 Å². The van der Waals surface area contributed by atoms with Crippen molar-refractivity contribution in [2.24, 2.45) is 5.92 Å². The predicted octanol–water partition coefficient (Wildman–Crippen LogP) is 4.62. The second kappa shape index (κ2) is 9.46. The number of piperidine rings is 1. The summed E-state index contributed by atoms with van der Waals surface area (Å²) in [5.74, 6) is 0.661. The highest BCUT2D eigenvalue weighted by atomic mass is 35.5. The second-order valence-electron chi connectivity index (χ2n) is 6.65. The number of urea groups is 1. The van der Waals surface area contributed by atoms with Crippen molar-refractivity contribution in [2.45, 2.75) is 19.8 Å². The van der Waals surface area contributed by atoms with Crippen molar-refractivity contribution in [1.82, 2.24) is 4.90 Å². The Morgan fingerprint density at radius 3 is 2.18 bits per heavy atom. The summed E-state index contributed by atoms with van der Waals surface area (Å²) >= 11 is 5.86. The molecule has 0 unspecified atom stereocenters. The van der Waals surface area contributed by atoms with Gasteiger partial charge in [-0.05, 0) is 68.3 Å². The van der Waals surface area contributed by atoms with Crippen molar-refractivity contribution in [3.63, 3.8) is 0 Å². The van der Waals surface area contributed by atoms with Crippen LogP contribution in [-0.4, -0.2) is 36.5 Å². The van der Waals surface area contributed by atoms with Gasteiger partial charge in [0.05, 0.1) is 6.61 Å². The van der Waals surface area contributed by atoms with Crippen LogP contribution in [-0.2, 0) is 4.79 Å². The molecular weight excluding hydrogens is 378 g/mol. The molecule has 1 aliphatic rings. The molecule has 3 amide bonds.